The molecule has 0 heterocycles. The minimum Gasteiger partial charge on any atom is -0.390 e. The normalized spacial score (nSPS) is 20.9. The Bertz CT molecular complexity index is 1530. The zero-order valence-electron chi connectivity index (χ0n) is 25.3. The van der Waals surface area contributed by atoms with Crippen molar-refractivity contribution in [2.24, 2.45) is 23.3 Å². The molecule has 2 aromatic carbocycles. The number of primary amides is 2. The molecule has 2 amide bonds. The standard InChI is InChI=1S/2C17H19BrClNO2/c2*1-17(2,22)9-3-4-10-8(5-9)6-11-12(16(20)21)7-13(19)15(18)14(10)11/h2*7,9,22H,3-6H2,1-2H3,(H2,20,21)/t2*9-/m10/s1. The predicted molar refractivity (Wildman–Crippen MR) is 184 cm³/mol. The van der Waals surface area contributed by atoms with E-state index < -0.39 is 23.0 Å². The molecule has 0 bridgehead atoms. The fourth-order valence-electron chi connectivity index (χ4n) is 7.39. The van der Waals surface area contributed by atoms with Gasteiger partial charge in [0.1, 0.15) is 0 Å². The summed E-state index contributed by atoms with van der Waals surface area (Å²) in [7, 11) is 0. The van der Waals surface area contributed by atoms with Crippen LogP contribution in [0, 0.1) is 11.8 Å². The summed E-state index contributed by atoms with van der Waals surface area (Å²) >= 11 is 19.6. The Morgan fingerprint density at radius 1 is 0.750 bits per heavy atom. The molecule has 4 aliphatic carbocycles. The van der Waals surface area contributed by atoms with Crippen LogP contribution in [0.1, 0.15) is 109 Å². The highest BCUT2D eigenvalue weighted by Gasteiger charge is 2.38. The molecule has 4 aliphatic rings. The first-order chi connectivity index (χ1) is 20.4. The SMILES string of the molecule is CC(C)(O)[C@@H]1CCC2=C(Cc3c(C(N)=O)cc(Cl)c(Br)c32)C1.CC(C)(O)[C@H]1CCC2=C(Cc3c(C(N)=O)cc(Cl)c(Br)c32)C1. The van der Waals surface area contributed by atoms with Crippen molar-refractivity contribution in [3.8, 4) is 0 Å². The van der Waals surface area contributed by atoms with E-state index in [9.17, 15) is 19.8 Å². The highest BCUT2D eigenvalue weighted by atomic mass is 79.9. The highest BCUT2D eigenvalue weighted by molar-refractivity contribution is 9.11. The van der Waals surface area contributed by atoms with Gasteiger partial charge in [0, 0.05) is 20.1 Å². The van der Waals surface area contributed by atoms with E-state index in [0.29, 0.717) is 21.2 Å². The molecule has 0 aromatic heterocycles. The molecular formula is C34H38Br2Cl2N2O4. The Morgan fingerprint density at radius 3 is 1.39 bits per heavy atom. The Kier molecular flexibility index (Phi) is 9.31. The first-order valence-electron chi connectivity index (χ1n) is 14.9. The number of amides is 2. The fraction of sp³-hybridized carbons (Fsp3) is 0.471. The van der Waals surface area contributed by atoms with E-state index in [-0.39, 0.29) is 11.8 Å². The van der Waals surface area contributed by atoms with Gasteiger partial charge in [-0.1, -0.05) is 34.3 Å². The molecule has 236 valence electrons. The van der Waals surface area contributed by atoms with Crippen LogP contribution in [0.3, 0.4) is 0 Å². The van der Waals surface area contributed by atoms with Crippen molar-refractivity contribution < 1.29 is 19.8 Å². The lowest BCUT2D eigenvalue weighted by molar-refractivity contribution is 0.0118. The van der Waals surface area contributed by atoms with Crippen LogP contribution in [0.4, 0.5) is 0 Å². The number of benzene rings is 2. The number of nitrogens with two attached hydrogens (primary N) is 2. The Hall–Kier alpha value is -1.68. The summed E-state index contributed by atoms with van der Waals surface area (Å²) in [5.74, 6) is -0.396. The number of allylic oxidation sites excluding steroid dienone is 4. The topological polar surface area (TPSA) is 127 Å². The van der Waals surface area contributed by atoms with Crippen LogP contribution in [-0.2, 0) is 12.8 Å². The van der Waals surface area contributed by atoms with Gasteiger partial charge in [0.25, 0.3) is 0 Å². The Balaban J connectivity index is 0.000000175. The highest BCUT2D eigenvalue weighted by Crippen LogP contribution is 2.52. The summed E-state index contributed by atoms with van der Waals surface area (Å²) in [6.45, 7) is 7.47. The third kappa shape index (κ3) is 6.19. The molecule has 0 unspecified atom stereocenters. The van der Waals surface area contributed by atoms with E-state index in [4.69, 9.17) is 34.7 Å². The monoisotopic (exact) mass is 766 g/mol. The van der Waals surface area contributed by atoms with Crippen LogP contribution in [0.2, 0.25) is 10.0 Å². The largest absolute Gasteiger partial charge is 0.390 e. The molecule has 0 saturated heterocycles. The fourth-order valence-corrected chi connectivity index (χ4v) is 8.99. The van der Waals surface area contributed by atoms with Gasteiger partial charge in [0.15, 0.2) is 0 Å². The van der Waals surface area contributed by atoms with Crippen LogP contribution in [0.25, 0.3) is 11.1 Å². The van der Waals surface area contributed by atoms with Crippen LogP contribution < -0.4 is 11.5 Å². The second-order valence-corrected chi connectivity index (χ2v) is 16.0. The Morgan fingerprint density at radius 2 is 1.09 bits per heavy atom. The molecule has 0 fully saturated rings. The zero-order chi connectivity index (χ0) is 32.5. The summed E-state index contributed by atoms with van der Waals surface area (Å²) in [5.41, 5.74) is 19.9. The number of hydrogen-bond acceptors (Lipinski definition) is 4. The summed E-state index contributed by atoms with van der Waals surface area (Å²) in [6.07, 6.45) is 6.84. The molecule has 0 saturated carbocycles. The molecule has 0 spiro atoms. The summed E-state index contributed by atoms with van der Waals surface area (Å²) < 4.78 is 1.70. The van der Waals surface area contributed by atoms with Gasteiger partial charge < -0.3 is 21.7 Å². The first kappa shape index (κ1) is 33.7. The summed E-state index contributed by atoms with van der Waals surface area (Å²) in [6, 6.07) is 3.30. The number of carbonyl (C=O) groups is 2. The van der Waals surface area contributed by atoms with Crippen molar-refractivity contribution in [2.75, 3.05) is 0 Å². The average Bonchev–Trinajstić information content (AvgIpc) is 3.50. The van der Waals surface area contributed by atoms with Crippen molar-refractivity contribution in [3.63, 3.8) is 0 Å². The van der Waals surface area contributed by atoms with Gasteiger partial charge in [0.2, 0.25) is 11.8 Å². The van der Waals surface area contributed by atoms with Gasteiger partial charge in [-0.3, -0.25) is 9.59 Å². The van der Waals surface area contributed by atoms with E-state index >= 15 is 0 Å². The van der Waals surface area contributed by atoms with Gasteiger partial charge in [-0.15, -0.1) is 0 Å². The minimum absolute atomic E-state index is 0.242. The molecule has 2 atom stereocenters. The summed E-state index contributed by atoms with van der Waals surface area (Å²) in [4.78, 5) is 23.5. The smallest absolute Gasteiger partial charge is 0.249 e. The van der Waals surface area contributed by atoms with Crippen molar-refractivity contribution in [3.05, 3.63) is 75.7 Å². The van der Waals surface area contributed by atoms with Crippen LogP contribution in [0.5, 0.6) is 0 Å². The first-order valence-corrected chi connectivity index (χ1v) is 17.2. The number of halogens is 4. The number of fused-ring (bicyclic) bond motifs is 4. The lowest BCUT2D eigenvalue weighted by Crippen LogP contribution is -2.32. The lowest BCUT2D eigenvalue weighted by atomic mass is 9.76. The van der Waals surface area contributed by atoms with Gasteiger partial charge in [-0.05, 0) is 168 Å². The van der Waals surface area contributed by atoms with Gasteiger partial charge in [-0.25, -0.2) is 0 Å². The van der Waals surface area contributed by atoms with Crippen molar-refractivity contribution >= 4 is 78.0 Å². The van der Waals surface area contributed by atoms with Crippen molar-refractivity contribution in [1.82, 2.24) is 0 Å². The van der Waals surface area contributed by atoms with E-state index in [1.807, 2.05) is 27.7 Å². The van der Waals surface area contributed by atoms with Gasteiger partial charge in [0.05, 0.1) is 21.2 Å². The van der Waals surface area contributed by atoms with Gasteiger partial charge >= 0.3 is 0 Å². The molecule has 0 radical (unpaired) electrons. The van der Waals surface area contributed by atoms with Crippen molar-refractivity contribution in [2.45, 2.75) is 90.3 Å². The molecule has 6 N–H and O–H groups in total. The number of rotatable bonds is 4. The number of aliphatic hydroxyl groups is 2. The molecular weight excluding hydrogens is 731 g/mol. The summed E-state index contributed by atoms with van der Waals surface area (Å²) in [5, 5.41) is 21.6. The molecule has 44 heavy (non-hydrogen) atoms. The quantitative estimate of drug-likeness (QED) is 0.251. The molecule has 6 nitrogen and oxygen atoms in total. The second-order valence-electron chi connectivity index (χ2n) is 13.6. The molecule has 2 aromatic rings. The molecule has 6 rings (SSSR count). The third-order valence-corrected chi connectivity index (χ3v) is 12.6. The minimum atomic E-state index is -0.686. The lowest BCUT2D eigenvalue weighted by Gasteiger charge is -2.33. The van der Waals surface area contributed by atoms with E-state index in [1.54, 1.807) is 12.1 Å². The third-order valence-electron chi connectivity index (χ3n) is 9.89. The van der Waals surface area contributed by atoms with E-state index in [1.165, 1.54) is 22.3 Å². The van der Waals surface area contributed by atoms with E-state index in [0.717, 1.165) is 82.6 Å². The zero-order valence-corrected chi connectivity index (χ0v) is 30.0. The number of hydrogen-bond donors (Lipinski definition) is 4. The average molecular weight is 769 g/mol. The maximum atomic E-state index is 11.7. The van der Waals surface area contributed by atoms with Crippen molar-refractivity contribution in [1.29, 1.82) is 0 Å². The second kappa shape index (κ2) is 12.2. The van der Waals surface area contributed by atoms with Crippen LogP contribution in [0.15, 0.2) is 32.2 Å². The van der Waals surface area contributed by atoms with Gasteiger partial charge in [-0.2, -0.15) is 0 Å². The maximum Gasteiger partial charge on any atom is 0.249 e. The van der Waals surface area contributed by atoms with E-state index in [2.05, 4.69) is 31.9 Å². The molecule has 10 heteroatoms. The number of carbonyl (C=O) groups excluding carboxylic acids is 2. The van der Waals surface area contributed by atoms with Crippen LogP contribution in [-0.4, -0.2) is 33.2 Å². The predicted octanol–water partition coefficient (Wildman–Crippen LogP) is 8.16. The molecule has 0 aliphatic heterocycles. The maximum absolute atomic E-state index is 11.7. The Labute approximate surface area is 285 Å². The van der Waals surface area contributed by atoms with Crippen LogP contribution >= 0.6 is 55.1 Å².